The average molecular weight is 386 g/mol. The summed E-state index contributed by atoms with van der Waals surface area (Å²) in [7, 11) is 1.64. The standard InChI is InChI=1S/C22H27NO3S/c1-16(27-15-17-8-4-3-5-9-17)22(24)23-18-12-13-20(25-2)21(14-18)26-19-10-6-7-11-19/h3-5,8-9,12-14,16,19H,6-7,10-11,15H2,1-2H3,(H,23,24). The van der Waals surface area contributed by atoms with E-state index in [9.17, 15) is 4.79 Å². The molecule has 1 aliphatic rings. The first-order valence-electron chi connectivity index (χ1n) is 9.47. The number of hydrogen-bond acceptors (Lipinski definition) is 4. The van der Waals surface area contributed by atoms with Crippen molar-refractivity contribution in [1.29, 1.82) is 0 Å². The molecule has 27 heavy (non-hydrogen) atoms. The molecule has 1 saturated carbocycles. The molecule has 1 fully saturated rings. The van der Waals surface area contributed by atoms with Gasteiger partial charge in [0.25, 0.3) is 0 Å². The molecule has 0 aliphatic heterocycles. The van der Waals surface area contributed by atoms with E-state index in [-0.39, 0.29) is 17.3 Å². The zero-order valence-electron chi connectivity index (χ0n) is 15.9. The molecule has 0 heterocycles. The highest BCUT2D eigenvalue weighted by atomic mass is 32.2. The van der Waals surface area contributed by atoms with E-state index in [1.54, 1.807) is 18.9 Å². The highest BCUT2D eigenvalue weighted by Crippen LogP contribution is 2.34. The predicted molar refractivity (Wildman–Crippen MR) is 112 cm³/mol. The van der Waals surface area contributed by atoms with Crippen LogP contribution < -0.4 is 14.8 Å². The number of anilines is 1. The Labute approximate surface area is 165 Å². The fourth-order valence-electron chi connectivity index (χ4n) is 3.15. The van der Waals surface area contributed by atoms with Crippen LogP contribution >= 0.6 is 11.8 Å². The van der Waals surface area contributed by atoms with Crippen molar-refractivity contribution >= 4 is 23.4 Å². The van der Waals surface area contributed by atoms with Crippen molar-refractivity contribution in [2.45, 2.75) is 49.7 Å². The quantitative estimate of drug-likeness (QED) is 0.672. The molecule has 0 radical (unpaired) electrons. The number of nitrogens with one attached hydrogen (secondary N) is 1. The van der Waals surface area contributed by atoms with Gasteiger partial charge in [-0.3, -0.25) is 4.79 Å². The zero-order chi connectivity index (χ0) is 19.1. The van der Waals surface area contributed by atoms with Crippen LogP contribution in [0.25, 0.3) is 0 Å². The second-order valence-electron chi connectivity index (χ2n) is 6.82. The molecule has 0 saturated heterocycles. The Bertz CT molecular complexity index is 744. The predicted octanol–water partition coefficient (Wildman–Crippen LogP) is 5.28. The van der Waals surface area contributed by atoms with E-state index in [0.717, 1.165) is 24.3 Å². The number of hydrogen-bond donors (Lipinski definition) is 1. The molecule has 5 heteroatoms. The fourth-order valence-corrected chi connectivity index (χ4v) is 3.99. The molecule has 1 aliphatic carbocycles. The molecule has 1 unspecified atom stereocenters. The van der Waals surface area contributed by atoms with Crippen LogP contribution in [0.3, 0.4) is 0 Å². The molecular formula is C22H27NO3S. The summed E-state index contributed by atoms with van der Waals surface area (Å²) in [5.41, 5.74) is 1.96. The molecule has 0 aromatic heterocycles. The Morgan fingerprint density at radius 2 is 1.89 bits per heavy atom. The van der Waals surface area contributed by atoms with Crippen LogP contribution in [0.4, 0.5) is 5.69 Å². The van der Waals surface area contributed by atoms with E-state index in [2.05, 4.69) is 17.4 Å². The topological polar surface area (TPSA) is 47.6 Å². The molecule has 4 nitrogen and oxygen atoms in total. The summed E-state index contributed by atoms with van der Waals surface area (Å²) in [6.45, 7) is 1.93. The lowest BCUT2D eigenvalue weighted by atomic mass is 10.2. The molecule has 2 aromatic rings. The van der Waals surface area contributed by atoms with Crippen molar-refractivity contribution < 1.29 is 14.3 Å². The summed E-state index contributed by atoms with van der Waals surface area (Å²) in [4.78, 5) is 12.5. The lowest BCUT2D eigenvalue weighted by molar-refractivity contribution is -0.115. The van der Waals surface area contributed by atoms with Crippen LogP contribution in [0.2, 0.25) is 0 Å². The van der Waals surface area contributed by atoms with Crippen LogP contribution in [0, 0.1) is 0 Å². The van der Waals surface area contributed by atoms with Crippen molar-refractivity contribution in [3.8, 4) is 11.5 Å². The maximum atomic E-state index is 12.5. The number of thioether (sulfide) groups is 1. The second-order valence-corrected chi connectivity index (χ2v) is 8.15. The van der Waals surface area contributed by atoms with Crippen LogP contribution in [-0.2, 0) is 10.5 Å². The van der Waals surface area contributed by atoms with Gasteiger partial charge in [-0.05, 0) is 50.3 Å². The minimum absolute atomic E-state index is 0.00656. The highest BCUT2D eigenvalue weighted by Gasteiger charge is 2.19. The number of ether oxygens (including phenoxy) is 2. The first-order chi connectivity index (χ1) is 13.2. The summed E-state index contributed by atoms with van der Waals surface area (Å²) in [5.74, 6) is 2.21. The third kappa shape index (κ3) is 5.67. The van der Waals surface area contributed by atoms with Gasteiger partial charge in [-0.25, -0.2) is 0 Å². The fraction of sp³-hybridized carbons (Fsp3) is 0.409. The van der Waals surface area contributed by atoms with E-state index in [1.165, 1.54) is 18.4 Å². The van der Waals surface area contributed by atoms with Crippen LogP contribution in [0.1, 0.15) is 38.2 Å². The van der Waals surface area contributed by atoms with Gasteiger partial charge in [0.2, 0.25) is 5.91 Å². The molecule has 0 spiro atoms. The SMILES string of the molecule is COc1ccc(NC(=O)C(C)SCc2ccccc2)cc1OC1CCCC1. The smallest absolute Gasteiger partial charge is 0.237 e. The van der Waals surface area contributed by atoms with E-state index in [1.807, 2.05) is 43.3 Å². The Kier molecular flexibility index (Phi) is 7.04. The van der Waals surface area contributed by atoms with Crippen molar-refractivity contribution in [3.63, 3.8) is 0 Å². The maximum absolute atomic E-state index is 12.5. The summed E-state index contributed by atoms with van der Waals surface area (Å²) < 4.78 is 11.5. The number of carbonyl (C=O) groups is 1. The number of rotatable bonds is 8. The molecule has 3 rings (SSSR count). The molecular weight excluding hydrogens is 358 g/mol. The summed E-state index contributed by atoms with van der Waals surface area (Å²) in [6.07, 6.45) is 4.81. The first kappa shape index (κ1) is 19.6. The van der Waals surface area contributed by atoms with E-state index in [0.29, 0.717) is 11.5 Å². The van der Waals surface area contributed by atoms with Gasteiger partial charge in [0, 0.05) is 17.5 Å². The largest absolute Gasteiger partial charge is 0.493 e. The third-order valence-electron chi connectivity index (χ3n) is 4.74. The summed E-state index contributed by atoms with van der Waals surface area (Å²) >= 11 is 1.63. The van der Waals surface area contributed by atoms with E-state index >= 15 is 0 Å². The minimum Gasteiger partial charge on any atom is -0.493 e. The normalized spacial score (nSPS) is 15.3. The zero-order valence-corrected chi connectivity index (χ0v) is 16.8. The van der Waals surface area contributed by atoms with Gasteiger partial charge < -0.3 is 14.8 Å². The Hall–Kier alpha value is -2.14. The van der Waals surface area contributed by atoms with Gasteiger partial charge in [-0.1, -0.05) is 30.3 Å². The van der Waals surface area contributed by atoms with Gasteiger partial charge in [0.05, 0.1) is 18.5 Å². The van der Waals surface area contributed by atoms with E-state index < -0.39 is 0 Å². The molecule has 144 valence electrons. The molecule has 1 amide bonds. The summed E-state index contributed by atoms with van der Waals surface area (Å²) in [5, 5.41) is 2.85. The second kappa shape index (κ2) is 9.70. The first-order valence-corrected chi connectivity index (χ1v) is 10.5. The van der Waals surface area contributed by atoms with Crippen LogP contribution in [0.15, 0.2) is 48.5 Å². The number of methoxy groups -OCH3 is 1. The lowest BCUT2D eigenvalue weighted by Gasteiger charge is -2.18. The monoisotopic (exact) mass is 385 g/mol. The summed E-state index contributed by atoms with van der Waals surface area (Å²) in [6, 6.07) is 15.8. The van der Waals surface area contributed by atoms with Gasteiger partial charge in [-0.15, -0.1) is 11.8 Å². The lowest BCUT2D eigenvalue weighted by Crippen LogP contribution is -2.22. The van der Waals surface area contributed by atoms with Crippen molar-refractivity contribution in [2.75, 3.05) is 12.4 Å². The maximum Gasteiger partial charge on any atom is 0.237 e. The van der Waals surface area contributed by atoms with Crippen molar-refractivity contribution in [2.24, 2.45) is 0 Å². The average Bonchev–Trinajstić information content (AvgIpc) is 3.20. The molecule has 1 atom stereocenters. The van der Waals surface area contributed by atoms with Crippen molar-refractivity contribution in [3.05, 3.63) is 54.1 Å². The van der Waals surface area contributed by atoms with Crippen molar-refractivity contribution in [1.82, 2.24) is 0 Å². The van der Waals surface area contributed by atoms with Gasteiger partial charge in [0.1, 0.15) is 0 Å². The van der Waals surface area contributed by atoms with Crippen LogP contribution in [-0.4, -0.2) is 24.4 Å². The van der Waals surface area contributed by atoms with Gasteiger partial charge >= 0.3 is 0 Å². The van der Waals surface area contributed by atoms with Crippen LogP contribution in [0.5, 0.6) is 11.5 Å². The number of amides is 1. The molecule has 0 bridgehead atoms. The Balaban J connectivity index is 1.59. The number of carbonyl (C=O) groups excluding carboxylic acids is 1. The van der Waals surface area contributed by atoms with E-state index in [4.69, 9.17) is 9.47 Å². The number of benzene rings is 2. The Morgan fingerprint density at radius 1 is 1.15 bits per heavy atom. The Morgan fingerprint density at radius 3 is 2.59 bits per heavy atom. The molecule has 2 aromatic carbocycles. The minimum atomic E-state index is -0.147. The third-order valence-corrected chi connectivity index (χ3v) is 5.95. The molecule has 1 N–H and O–H groups in total. The van der Waals surface area contributed by atoms with Gasteiger partial charge in [0.15, 0.2) is 11.5 Å². The highest BCUT2D eigenvalue weighted by molar-refractivity contribution is 7.99. The van der Waals surface area contributed by atoms with Gasteiger partial charge in [-0.2, -0.15) is 0 Å².